The van der Waals surface area contributed by atoms with Gasteiger partial charge in [0.2, 0.25) is 0 Å². The SMILES string of the molecule is CC(C)COC(=O)[C@H](C(C)C)[C@@H](N)C(F)(F)F. The fraction of sp³-hybridized carbons (Fsp3) is 0.909. The van der Waals surface area contributed by atoms with E-state index in [4.69, 9.17) is 10.5 Å². The van der Waals surface area contributed by atoms with Crippen LogP contribution in [-0.2, 0) is 9.53 Å². The molecule has 2 atom stereocenters. The van der Waals surface area contributed by atoms with Crippen LogP contribution < -0.4 is 5.73 Å². The second kappa shape index (κ2) is 6.23. The average Bonchev–Trinajstić information content (AvgIpc) is 2.12. The lowest BCUT2D eigenvalue weighted by molar-refractivity contribution is -0.180. The molecule has 2 N–H and O–H groups in total. The Hall–Kier alpha value is -0.780. The van der Waals surface area contributed by atoms with Crippen LogP contribution in [0.3, 0.4) is 0 Å². The molecule has 0 aliphatic rings. The number of esters is 1. The molecule has 0 saturated carbocycles. The summed E-state index contributed by atoms with van der Waals surface area (Å²) < 4.78 is 42.3. The lowest BCUT2D eigenvalue weighted by atomic mass is 9.88. The lowest BCUT2D eigenvalue weighted by Gasteiger charge is -2.27. The fourth-order valence-electron chi connectivity index (χ4n) is 1.38. The van der Waals surface area contributed by atoms with Crippen LogP contribution in [0, 0.1) is 17.8 Å². The molecule has 0 rings (SSSR count). The second-order valence-corrected chi connectivity index (χ2v) is 4.86. The number of hydrogen-bond acceptors (Lipinski definition) is 3. The molecule has 0 spiro atoms. The Balaban J connectivity index is 4.69. The summed E-state index contributed by atoms with van der Waals surface area (Å²) in [6, 6.07) is -2.18. The zero-order valence-corrected chi connectivity index (χ0v) is 10.5. The standard InChI is InChI=1S/C11H20F3NO2/c1-6(2)5-17-10(16)8(7(3)4)9(15)11(12,13)14/h6-9H,5,15H2,1-4H3/t8-,9-/m1/s1. The van der Waals surface area contributed by atoms with E-state index in [1.165, 1.54) is 13.8 Å². The van der Waals surface area contributed by atoms with Crippen LogP contribution in [-0.4, -0.2) is 24.8 Å². The van der Waals surface area contributed by atoms with Crippen molar-refractivity contribution in [3.05, 3.63) is 0 Å². The first kappa shape index (κ1) is 16.2. The van der Waals surface area contributed by atoms with E-state index in [0.29, 0.717) is 0 Å². The molecule has 0 fully saturated rings. The molecule has 102 valence electrons. The smallest absolute Gasteiger partial charge is 0.404 e. The summed E-state index contributed by atoms with van der Waals surface area (Å²) in [6.45, 7) is 6.76. The number of halogens is 3. The van der Waals surface area contributed by atoms with Crippen molar-refractivity contribution in [1.82, 2.24) is 0 Å². The van der Waals surface area contributed by atoms with Gasteiger partial charge in [-0.25, -0.2) is 0 Å². The van der Waals surface area contributed by atoms with Gasteiger partial charge in [0, 0.05) is 0 Å². The van der Waals surface area contributed by atoms with Gasteiger partial charge in [-0.2, -0.15) is 13.2 Å². The number of carbonyl (C=O) groups is 1. The van der Waals surface area contributed by atoms with Crippen molar-refractivity contribution in [1.29, 1.82) is 0 Å². The number of alkyl halides is 3. The highest BCUT2D eigenvalue weighted by Gasteiger charge is 2.46. The summed E-state index contributed by atoms with van der Waals surface area (Å²) in [5, 5.41) is 0. The van der Waals surface area contributed by atoms with E-state index in [2.05, 4.69) is 0 Å². The predicted molar refractivity (Wildman–Crippen MR) is 58.2 cm³/mol. The maximum atomic E-state index is 12.5. The second-order valence-electron chi connectivity index (χ2n) is 4.86. The average molecular weight is 255 g/mol. The van der Waals surface area contributed by atoms with Crippen molar-refractivity contribution >= 4 is 5.97 Å². The van der Waals surface area contributed by atoms with Crippen LogP contribution in [0.4, 0.5) is 13.2 Å². The van der Waals surface area contributed by atoms with Gasteiger partial charge in [-0.3, -0.25) is 4.79 Å². The third-order valence-corrected chi connectivity index (χ3v) is 2.31. The van der Waals surface area contributed by atoms with Crippen LogP contribution in [0.2, 0.25) is 0 Å². The molecule has 0 radical (unpaired) electrons. The third-order valence-electron chi connectivity index (χ3n) is 2.31. The van der Waals surface area contributed by atoms with Crippen LogP contribution in [0.5, 0.6) is 0 Å². The van der Waals surface area contributed by atoms with Crippen molar-refractivity contribution in [2.75, 3.05) is 6.61 Å². The summed E-state index contributed by atoms with van der Waals surface area (Å²) in [4.78, 5) is 11.6. The van der Waals surface area contributed by atoms with Gasteiger partial charge in [-0.15, -0.1) is 0 Å². The monoisotopic (exact) mass is 255 g/mol. The van der Waals surface area contributed by atoms with Crippen molar-refractivity contribution in [3.63, 3.8) is 0 Å². The van der Waals surface area contributed by atoms with Crippen LogP contribution in [0.1, 0.15) is 27.7 Å². The maximum absolute atomic E-state index is 12.5. The van der Waals surface area contributed by atoms with Crippen molar-refractivity contribution in [3.8, 4) is 0 Å². The number of carbonyl (C=O) groups excluding carboxylic acids is 1. The van der Waals surface area contributed by atoms with E-state index in [1.807, 2.05) is 0 Å². The number of hydrogen-bond donors (Lipinski definition) is 1. The van der Waals surface area contributed by atoms with Crippen LogP contribution in [0.25, 0.3) is 0 Å². The Kier molecular flexibility index (Phi) is 5.95. The third kappa shape index (κ3) is 5.39. The zero-order chi connectivity index (χ0) is 13.8. The highest BCUT2D eigenvalue weighted by molar-refractivity contribution is 5.73. The Bertz CT molecular complexity index is 252. The van der Waals surface area contributed by atoms with Gasteiger partial charge in [-0.1, -0.05) is 27.7 Å². The molecule has 0 amide bonds. The molecule has 3 nitrogen and oxygen atoms in total. The van der Waals surface area contributed by atoms with E-state index in [0.717, 1.165) is 0 Å². The molecule has 0 aromatic carbocycles. The van der Waals surface area contributed by atoms with Gasteiger partial charge >= 0.3 is 12.1 Å². The first-order valence-corrected chi connectivity index (χ1v) is 5.56. The Morgan fingerprint density at radius 3 is 2.00 bits per heavy atom. The van der Waals surface area contributed by atoms with Gasteiger partial charge in [-0.05, 0) is 11.8 Å². The first-order chi connectivity index (χ1) is 7.57. The molecule has 6 heteroatoms. The molecule has 0 heterocycles. The van der Waals surface area contributed by atoms with Gasteiger partial charge in [0.25, 0.3) is 0 Å². The Morgan fingerprint density at radius 1 is 1.24 bits per heavy atom. The normalized spacial score (nSPS) is 16.1. The summed E-state index contributed by atoms with van der Waals surface area (Å²) >= 11 is 0. The minimum Gasteiger partial charge on any atom is -0.465 e. The predicted octanol–water partition coefficient (Wildman–Crippen LogP) is 2.35. The van der Waals surface area contributed by atoms with E-state index < -0.39 is 30.0 Å². The van der Waals surface area contributed by atoms with E-state index in [1.54, 1.807) is 13.8 Å². The van der Waals surface area contributed by atoms with E-state index in [9.17, 15) is 18.0 Å². The number of rotatable bonds is 5. The molecule has 0 saturated heterocycles. The van der Waals surface area contributed by atoms with Gasteiger partial charge < -0.3 is 10.5 Å². The molecular weight excluding hydrogens is 235 g/mol. The molecule has 0 aliphatic carbocycles. The molecule has 0 unspecified atom stereocenters. The van der Waals surface area contributed by atoms with Gasteiger partial charge in [0.15, 0.2) is 0 Å². The molecular formula is C11H20F3NO2. The fourth-order valence-corrected chi connectivity index (χ4v) is 1.38. The van der Waals surface area contributed by atoms with E-state index >= 15 is 0 Å². The molecule has 0 aliphatic heterocycles. The molecule has 0 aromatic rings. The minimum atomic E-state index is -4.59. The van der Waals surface area contributed by atoms with Crippen molar-refractivity contribution < 1.29 is 22.7 Å². The maximum Gasteiger partial charge on any atom is 0.404 e. The van der Waals surface area contributed by atoms with E-state index in [-0.39, 0.29) is 12.5 Å². The van der Waals surface area contributed by atoms with Crippen molar-refractivity contribution in [2.24, 2.45) is 23.5 Å². The van der Waals surface area contributed by atoms with Gasteiger partial charge in [0.05, 0.1) is 12.5 Å². The quantitative estimate of drug-likeness (QED) is 0.767. The largest absolute Gasteiger partial charge is 0.465 e. The van der Waals surface area contributed by atoms with Crippen molar-refractivity contribution in [2.45, 2.75) is 39.9 Å². The minimum absolute atomic E-state index is 0.0777. The van der Waals surface area contributed by atoms with Crippen LogP contribution in [0.15, 0.2) is 0 Å². The molecule has 0 bridgehead atoms. The molecule has 0 aromatic heterocycles. The summed E-state index contributed by atoms with van der Waals surface area (Å²) in [5.74, 6) is -2.67. The van der Waals surface area contributed by atoms with Gasteiger partial charge in [0.1, 0.15) is 6.04 Å². The summed E-state index contributed by atoms with van der Waals surface area (Å²) in [7, 11) is 0. The number of nitrogens with two attached hydrogens (primary N) is 1. The highest BCUT2D eigenvalue weighted by Crippen LogP contribution is 2.29. The van der Waals surface area contributed by atoms with Crippen LogP contribution >= 0.6 is 0 Å². The first-order valence-electron chi connectivity index (χ1n) is 5.56. The topological polar surface area (TPSA) is 52.3 Å². The summed E-state index contributed by atoms with van der Waals surface area (Å²) in [5.41, 5.74) is 5.08. The Labute approximate surface area is 99.5 Å². The number of ether oxygens (including phenoxy) is 1. The zero-order valence-electron chi connectivity index (χ0n) is 10.5. The summed E-state index contributed by atoms with van der Waals surface area (Å²) in [6.07, 6.45) is -4.59. The highest BCUT2D eigenvalue weighted by atomic mass is 19.4. The molecule has 17 heavy (non-hydrogen) atoms. The lowest BCUT2D eigenvalue weighted by Crippen LogP contribution is -2.49. The Morgan fingerprint density at radius 2 is 1.71 bits per heavy atom.